The maximum Gasteiger partial charge on any atom is 0.0419 e. The summed E-state index contributed by atoms with van der Waals surface area (Å²) in [5, 5.41) is 6.04. The molecule has 0 amide bonds. The van der Waals surface area contributed by atoms with Crippen molar-refractivity contribution < 1.29 is 0 Å². The van der Waals surface area contributed by atoms with Crippen molar-refractivity contribution in [3.05, 3.63) is 42.5 Å². The molecule has 0 heterocycles. The Morgan fingerprint density at radius 2 is 1.75 bits per heavy atom. The van der Waals surface area contributed by atoms with Crippen LogP contribution in [0.2, 0.25) is 0 Å². The SMILES string of the molecule is NCCCCNc1cccc2ccccc12. The van der Waals surface area contributed by atoms with Crippen LogP contribution in [0.25, 0.3) is 10.8 Å². The zero-order valence-electron chi connectivity index (χ0n) is 9.45. The van der Waals surface area contributed by atoms with E-state index in [2.05, 4.69) is 47.8 Å². The first-order valence-corrected chi connectivity index (χ1v) is 5.83. The molecule has 0 bridgehead atoms. The predicted molar refractivity (Wildman–Crippen MR) is 70.7 cm³/mol. The molecular weight excluding hydrogens is 196 g/mol. The second-order valence-electron chi connectivity index (χ2n) is 3.95. The first kappa shape index (κ1) is 11.0. The van der Waals surface area contributed by atoms with Crippen LogP contribution in [0.5, 0.6) is 0 Å². The molecule has 0 saturated heterocycles. The van der Waals surface area contributed by atoms with Gasteiger partial charge in [0.25, 0.3) is 0 Å². The Hall–Kier alpha value is -1.54. The molecule has 0 unspecified atom stereocenters. The van der Waals surface area contributed by atoms with E-state index >= 15 is 0 Å². The zero-order chi connectivity index (χ0) is 11.2. The van der Waals surface area contributed by atoms with Crippen LogP contribution in [0, 0.1) is 0 Å². The molecule has 2 aromatic carbocycles. The highest BCUT2D eigenvalue weighted by Crippen LogP contribution is 2.22. The van der Waals surface area contributed by atoms with Crippen LogP contribution in [0.4, 0.5) is 5.69 Å². The van der Waals surface area contributed by atoms with E-state index in [0.717, 1.165) is 25.9 Å². The van der Waals surface area contributed by atoms with Crippen LogP contribution in [-0.4, -0.2) is 13.1 Å². The highest BCUT2D eigenvalue weighted by molar-refractivity contribution is 5.93. The summed E-state index contributed by atoms with van der Waals surface area (Å²) in [7, 11) is 0. The molecular formula is C14H18N2. The minimum absolute atomic E-state index is 0.775. The third kappa shape index (κ3) is 2.52. The number of benzene rings is 2. The number of rotatable bonds is 5. The van der Waals surface area contributed by atoms with Gasteiger partial charge in [0, 0.05) is 17.6 Å². The average molecular weight is 214 g/mol. The van der Waals surface area contributed by atoms with Crippen molar-refractivity contribution in [2.24, 2.45) is 5.73 Å². The summed E-state index contributed by atoms with van der Waals surface area (Å²) in [5.74, 6) is 0. The number of fused-ring (bicyclic) bond motifs is 1. The van der Waals surface area contributed by atoms with Crippen molar-refractivity contribution in [3.8, 4) is 0 Å². The van der Waals surface area contributed by atoms with Crippen molar-refractivity contribution in [2.75, 3.05) is 18.4 Å². The summed E-state index contributed by atoms with van der Waals surface area (Å²) in [4.78, 5) is 0. The fourth-order valence-corrected chi connectivity index (χ4v) is 1.87. The van der Waals surface area contributed by atoms with Gasteiger partial charge >= 0.3 is 0 Å². The summed E-state index contributed by atoms with van der Waals surface area (Å²) in [6.07, 6.45) is 2.21. The number of unbranched alkanes of at least 4 members (excludes halogenated alkanes) is 1. The van der Waals surface area contributed by atoms with E-state index in [1.54, 1.807) is 0 Å². The maximum absolute atomic E-state index is 5.47. The Morgan fingerprint density at radius 1 is 0.938 bits per heavy atom. The van der Waals surface area contributed by atoms with E-state index in [4.69, 9.17) is 5.73 Å². The van der Waals surface area contributed by atoms with Gasteiger partial charge in [-0.25, -0.2) is 0 Å². The number of anilines is 1. The molecule has 3 N–H and O–H groups in total. The maximum atomic E-state index is 5.47. The summed E-state index contributed by atoms with van der Waals surface area (Å²) in [5.41, 5.74) is 6.69. The normalized spacial score (nSPS) is 10.6. The van der Waals surface area contributed by atoms with Gasteiger partial charge in [0.2, 0.25) is 0 Å². The van der Waals surface area contributed by atoms with E-state index in [1.807, 2.05) is 0 Å². The Kier molecular flexibility index (Phi) is 3.78. The largest absolute Gasteiger partial charge is 0.385 e. The Balaban J connectivity index is 2.11. The molecule has 0 spiro atoms. The molecule has 2 nitrogen and oxygen atoms in total. The predicted octanol–water partition coefficient (Wildman–Crippen LogP) is 2.99. The molecule has 0 aliphatic carbocycles. The fraction of sp³-hybridized carbons (Fsp3) is 0.286. The number of nitrogens with one attached hydrogen (secondary N) is 1. The second kappa shape index (κ2) is 5.52. The summed E-state index contributed by atoms with van der Waals surface area (Å²) in [6.45, 7) is 1.77. The number of hydrogen-bond acceptors (Lipinski definition) is 2. The van der Waals surface area contributed by atoms with Gasteiger partial charge in [-0.2, -0.15) is 0 Å². The molecule has 2 aromatic rings. The monoisotopic (exact) mass is 214 g/mol. The summed E-state index contributed by atoms with van der Waals surface area (Å²) >= 11 is 0. The molecule has 0 atom stereocenters. The van der Waals surface area contributed by atoms with E-state index in [9.17, 15) is 0 Å². The minimum Gasteiger partial charge on any atom is -0.385 e. The van der Waals surface area contributed by atoms with Gasteiger partial charge in [0.1, 0.15) is 0 Å². The van der Waals surface area contributed by atoms with Gasteiger partial charge in [0.15, 0.2) is 0 Å². The second-order valence-corrected chi connectivity index (χ2v) is 3.95. The minimum atomic E-state index is 0.775. The lowest BCUT2D eigenvalue weighted by Gasteiger charge is -2.09. The highest BCUT2D eigenvalue weighted by Gasteiger charge is 1.98. The lowest BCUT2D eigenvalue weighted by molar-refractivity contribution is 0.774. The average Bonchev–Trinajstić information content (AvgIpc) is 2.35. The molecule has 84 valence electrons. The van der Waals surface area contributed by atoms with Crippen LogP contribution < -0.4 is 11.1 Å². The Labute approximate surface area is 96.5 Å². The lowest BCUT2D eigenvalue weighted by Crippen LogP contribution is -2.05. The Morgan fingerprint density at radius 3 is 2.62 bits per heavy atom. The molecule has 2 rings (SSSR count). The van der Waals surface area contributed by atoms with E-state index in [1.165, 1.54) is 16.5 Å². The van der Waals surface area contributed by atoms with Gasteiger partial charge in [-0.05, 0) is 30.8 Å². The van der Waals surface area contributed by atoms with Gasteiger partial charge < -0.3 is 11.1 Å². The fourth-order valence-electron chi connectivity index (χ4n) is 1.87. The van der Waals surface area contributed by atoms with Crippen molar-refractivity contribution >= 4 is 16.5 Å². The highest BCUT2D eigenvalue weighted by atomic mass is 14.9. The number of hydrogen-bond donors (Lipinski definition) is 2. The van der Waals surface area contributed by atoms with Crippen molar-refractivity contribution in [3.63, 3.8) is 0 Å². The van der Waals surface area contributed by atoms with Crippen LogP contribution in [-0.2, 0) is 0 Å². The quantitative estimate of drug-likeness (QED) is 0.751. The smallest absolute Gasteiger partial charge is 0.0419 e. The molecule has 0 radical (unpaired) electrons. The third-order valence-electron chi connectivity index (χ3n) is 2.74. The molecule has 16 heavy (non-hydrogen) atoms. The van der Waals surface area contributed by atoms with Gasteiger partial charge in [-0.15, -0.1) is 0 Å². The number of nitrogens with two attached hydrogens (primary N) is 1. The van der Waals surface area contributed by atoms with Gasteiger partial charge in [-0.1, -0.05) is 36.4 Å². The molecule has 0 saturated carbocycles. The van der Waals surface area contributed by atoms with E-state index in [-0.39, 0.29) is 0 Å². The first-order chi connectivity index (χ1) is 7.92. The van der Waals surface area contributed by atoms with Crippen LogP contribution in [0.3, 0.4) is 0 Å². The lowest BCUT2D eigenvalue weighted by atomic mass is 10.1. The van der Waals surface area contributed by atoms with Crippen molar-refractivity contribution in [1.29, 1.82) is 0 Å². The zero-order valence-corrected chi connectivity index (χ0v) is 9.45. The van der Waals surface area contributed by atoms with E-state index < -0.39 is 0 Å². The molecule has 0 aliphatic rings. The summed E-state index contributed by atoms with van der Waals surface area (Å²) < 4.78 is 0. The molecule has 0 aliphatic heterocycles. The van der Waals surface area contributed by atoms with Crippen LogP contribution in [0.15, 0.2) is 42.5 Å². The molecule has 0 fully saturated rings. The van der Waals surface area contributed by atoms with Gasteiger partial charge in [-0.3, -0.25) is 0 Å². The Bertz CT molecular complexity index is 446. The summed E-state index contributed by atoms with van der Waals surface area (Å²) in [6, 6.07) is 14.8. The first-order valence-electron chi connectivity index (χ1n) is 5.83. The van der Waals surface area contributed by atoms with Crippen LogP contribution >= 0.6 is 0 Å². The topological polar surface area (TPSA) is 38.0 Å². The van der Waals surface area contributed by atoms with Crippen molar-refractivity contribution in [2.45, 2.75) is 12.8 Å². The van der Waals surface area contributed by atoms with Crippen LogP contribution in [0.1, 0.15) is 12.8 Å². The van der Waals surface area contributed by atoms with Gasteiger partial charge in [0.05, 0.1) is 0 Å². The third-order valence-corrected chi connectivity index (χ3v) is 2.74. The molecule has 0 aromatic heterocycles. The van der Waals surface area contributed by atoms with Crippen molar-refractivity contribution in [1.82, 2.24) is 0 Å². The molecule has 2 heteroatoms. The van der Waals surface area contributed by atoms with E-state index in [0.29, 0.717) is 0 Å². The standard InChI is InChI=1S/C14H18N2/c15-10-3-4-11-16-14-9-5-7-12-6-1-2-8-13(12)14/h1-2,5-9,16H,3-4,10-11,15H2.